The van der Waals surface area contributed by atoms with Crippen molar-refractivity contribution in [3.05, 3.63) is 23.3 Å². The van der Waals surface area contributed by atoms with Gasteiger partial charge in [0.1, 0.15) is 0 Å². The van der Waals surface area contributed by atoms with Crippen molar-refractivity contribution in [2.24, 2.45) is 0 Å². The van der Waals surface area contributed by atoms with Gasteiger partial charge in [-0.1, -0.05) is 13.8 Å². The lowest BCUT2D eigenvalue weighted by Gasteiger charge is -2.16. The van der Waals surface area contributed by atoms with Crippen molar-refractivity contribution in [3.63, 3.8) is 0 Å². The van der Waals surface area contributed by atoms with E-state index >= 15 is 0 Å². The molecule has 0 spiro atoms. The lowest BCUT2D eigenvalue weighted by molar-refractivity contribution is -0.185. The summed E-state index contributed by atoms with van der Waals surface area (Å²) in [5.41, 5.74) is 1.49. The summed E-state index contributed by atoms with van der Waals surface area (Å²) in [6.45, 7) is 3.89. The number of aliphatic hydroxyl groups excluding tert-OH is 1. The summed E-state index contributed by atoms with van der Waals surface area (Å²) in [4.78, 5) is 19.5. The van der Waals surface area contributed by atoms with Crippen LogP contribution in [-0.2, 0) is 16.4 Å². The fourth-order valence-corrected chi connectivity index (χ4v) is 1.63. The average Bonchev–Trinajstić information content (AvgIpc) is 2.28. The van der Waals surface area contributed by atoms with Crippen LogP contribution in [-0.4, -0.2) is 19.3 Å². The topological polar surface area (TPSA) is 57.2 Å². The Labute approximate surface area is 101 Å². The normalized spacial score (nSPS) is 10.7. The maximum Gasteiger partial charge on any atom is 0.173 e. The first-order valence-electron chi connectivity index (χ1n) is 5.33. The van der Waals surface area contributed by atoms with Gasteiger partial charge in [-0.3, -0.25) is 0 Å². The molecule has 0 aromatic heterocycles. The van der Waals surface area contributed by atoms with Gasteiger partial charge in [-0.15, -0.1) is 0 Å². The van der Waals surface area contributed by atoms with Crippen LogP contribution in [0.15, 0.2) is 12.1 Å². The minimum absolute atomic E-state index is 0.113. The smallest absolute Gasteiger partial charge is 0.173 e. The molecule has 0 radical (unpaired) electrons. The molecule has 0 aliphatic heterocycles. The fraction of sp³-hybridized carbons (Fsp3) is 0.500. The Bertz CT molecular complexity index is 335. The predicted molar refractivity (Wildman–Crippen MR) is 61.7 cm³/mol. The third kappa shape index (κ3) is 3.33. The van der Waals surface area contributed by atoms with Gasteiger partial charge in [0.25, 0.3) is 0 Å². The minimum atomic E-state index is -0.113. The van der Waals surface area contributed by atoms with Crippen molar-refractivity contribution < 1.29 is 24.7 Å². The maximum atomic E-state index is 9.16. The summed E-state index contributed by atoms with van der Waals surface area (Å²) in [5, 5.41) is 9.16. The van der Waals surface area contributed by atoms with E-state index in [1.54, 1.807) is 12.1 Å². The molecule has 0 saturated heterocycles. The van der Waals surface area contributed by atoms with Crippen LogP contribution >= 0.6 is 0 Å². The van der Waals surface area contributed by atoms with Crippen LogP contribution in [0.4, 0.5) is 0 Å². The van der Waals surface area contributed by atoms with E-state index in [1.165, 1.54) is 14.2 Å². The molecule has 0 amide bonds. The highest BCUT2D eigenvalue weighted by Gasteiger charge is 2.18. The number of hydrogen-bond acceptors (Lipinski definition) is 5. The SMILES string of the molecule is COOc1cc(CO)cc(OOC)c1C(C)C. The molecule has 0 aliphatic carbocycles. The van der Waals surface area contributed by atoms with E-state index in [9.17, 15) is 0 Å². The lowest BCUT2D eigenvalue weighted by atomic mass is 9.99. The van der Waals surface area contributed by atoms with Crippen molar-refractivity contribution in [1.82, 2.24) is 0 Å². The van der Waals surface area contributed by atoms with E-state index in [1.807, 2.05) is 13.8 Å². The molecule has 96 valence electrons. The number of hydrogen-bond donors (Lipinski definition) is 1. The third-order valence-corrected chi connectivity index (χ3v) is 2.27. The highest BCUT2D eigenvalue weighted by molar-refractivity contribution is 5.49. The van der Waals surface area contributed by atoms with Gasteiger partial charge in [-0.25, -0.2) is 0 Å². The summed E-state index contributed by atoms with van der Waals surface area (Å²) in [7, 11) is 2.85. The molecule has 5 heteroatoms. The number of benzene rings is 1. The van der Waals surface area contributed by atoms with Crippen molar-refractivity contribution in [2.75, 3.05) is 14.2 Å². The van der Waals surface area contributed by atoms with Gasteiger partial charge in [0.2, 0.25) is 0 Å². The first-order chi connectivity index (χ1) is 8.13. The molecule has 1 aromatic rings. The van der Waals surface area contributed by atoms with E-state index in [4.69, 9.17) is 14.9 Å². The Balaban J connectivity index is 3.27. The quantitative estimate of drug-likeness (QED) is 0.612. The summed E-state index contributed by atoms with van der Waals surface area (Å²) in [5.74, 6) is 1.19. The lowest BCUT2D eigenvalue weighted by Crippen LogP contribution is -2.04. The zero-order valence-corrected chi connectivity index (χ0v) is 10.5. The van der Waals surface area contributed by atoms with Crippen LogP contribution in [0.25, 0.3) is 0 Å². The first kappa shape index (κ1) is 13.8. The monoisotopic (exact) mass is 242 g/mol. The van der Waals surface area contributed by atoms with Crippen LogP contribution in [0.2, 0.25) is 0 Å². The molecule has 1 aromatic carbocycles. The van der Waals surface area contributed by atoms with Crippen LogP contribution in [0, 0.1) is 0 Å². The van der Waals surface area contributed by atoms with Crippen molar-refractivity contribution in [2.45, 2.75) is 26.4 Å². The molecule has 0 saturated carbocycles. The first-order valence-corrected chi connectivity index (χ1v) is 5.33. The second-order valence-corrected chi connectivity index (χ2v) is 3.82. The van der Waals surface area contributed by atoms with Gasteiger partial charge in [-0.05, 0) is 23.6 Å². The Kier molecular flexibility index (Phi) is 5.21. The molecule has 17 heavy (non-hydrogen) atoms. The molecule has 0 heterocycles. The van der Waals surface area contributed by atoms with Crippen molar-refractivity contribution in [1.29, 1.82) is 0 Å². The standard InChI is InChI=1S/C12H18O5/c1-8(2)12-10(16-14-3)5-9(7-13)6-11(12)17-15-4/h5-6,8,13H,7H2,1-4H3. The highest BCUT2D eigenvalue weighted by Crippen LogP contribution is 2.36. The average molecular weight is 242 g/mol. The van der Waals surface area contributed by atoms with E-state index in [2.05, 4.69) is 9.78 Å². The number of rotatable bonds is 6. The van der Waals surface area contributed by atoms with Gasteiger partial charge >= 0.3 is 0 Å². The summed E-state index contributed by atoms with van der Waals surface area (Å²) in [6.07, 6.45) is 0. The largest absolute Gasteiger partial charge is 0.392 e. The van der Waals surface area contributed by atoms with E-state index in [-0.39, 0.29) is 12.5 Å². The van der Waals surface area contributed by atoms with E-state index in [0.29, 0.717) is 17.1 Å². The zero-order chi connectivity index (χ0) is 12.8. The molecule has 1 rings (SSSR count). The number of aliphatic hydroxyl groups is 1. The molecule has 0 aliphatic rings. The highest BCUT2D eigenvalue weighted by atomic mass is 17.2. The Morgan fingerprint density at radius 2 is 1.53 bits per heavy atom. The van der Waals surface area contributed by atoms with Crippen LogP contribution in [0.3, 0.4) is 0 Å². The van der Waals surface area contributed by atoms with Gasteiger partial charge in [-0.2, -0.15) is 9.78 Å². The Hall–Kier alpha value is -1.30. The second-order valence-electron chi connectivity index (χ2n) is 3.82. The van der Waals surface area contributed by atoms with Crippen molar-refractivity contribution in [3.8, 4) is 11.5 Å². The third-order valence-electron chi connectivity index (χ3n) is 2.27. The zero-order valence-electron chi connectivity index (χ0n) is 10.5. The fourth-order valence-electron chi connectivity index (χ4n) is 1.63. The molecular weight excluding hydrogens is 224 g/mol. The molecule has 0 bridgehead atoms. The van der Waals surface area contributed by atoms with E-state index in [0.717, 1.165) is 5.56 Å². The molecule has 0 atom stereocenters. The Morgan fingerprint density at radius 1 is 1.06 bits per heavy atom. The molecule has 1 N–H and O–H groups in total. The molecule has 0 fully saturated rings. The maximum absolute atomic E-state index is 9.16. The van der Waals surface area contributed by atoms with Crippen LogP contribution in [0.5, 0.6) is 11.5 Å². The molecule has 0 unspecified atom stereocenters. The second kappa shape index (κ2) is 6.44. The van der Waals surface area contributed by atoms with Crippen LogP contribution < -0.4 is 9.78 Å². The van der Waals surface area contributed by atoms with Gasteiger partial charge in [0.05, 0.1) is 20.8 Å². The predicted octanol–water partition coefficient (Wildman–Crippen LogP) is 2.18. The van der Waals surface area contributed by atoms with Gasteiger partial charge < -0.3 is 14.9 Å². The van der Waals surface area contributed by atoms with Gasteiger partial charge in [0, 0.05) is 5.56 Å². The van der Waals surface area contributed by atoms with Gasteiger partial charge in [0.15, 0.2) is 11.5 Å². The molecule has 5 nitrogen and oxygen atoms in total. The summed E-state index contributed by atoms with van der Waals surface area (Å²) >= 11 is 0. The summed E-state index contributed by atoms with van der Waals surface area (Å²) < 4.78 is 0. The molecular formula is C12H18O5. The minimum Gasteiger partial charge on any atom is -0.392 e. The van der Waals surface area contributed by atoms with E-state index < -0.39 is 0 Å². The van der Waals surface area contributed by atoms with Crippen LogP contribution in [0.1, 0.15) is 30.9 Å². The summed E-state index contributed by atoms with van der Waals surface area (Å²) in [6, 6.07) is 3.42. The van der Waals surface area contributed by atoms with Crippen molar-refractivity contribution >= 4 is 0 Å². The Morgan fingerprint density at radius 3 is 1.82 bits per heavy atom.